The number of aliphatic carboxylic acids is 1. The second-order valence-electron chi connectivity index (χ2n) is 4.63. The van der Waals surface area contributed by atoms with E-state index >= 15 is 0 Å². The molecule has 0 aromatic carbocycles. The van der Waals surface area contributed by atoms with Crippen molar-refractivity contribution in [3.8, 4) is 5.88 Å². The number of carboxylic acids is 1. The van der Waals surface area contributed by atoms with Crippen LogP contribution in [0.3, 0.4) is 0 Å². The van der Waals surface area contributed by atoms with Crippen LogP contribution in [0.4, 0.5) is 5.82 Å². The molecule has 1 aromatic heterocycles. The van der Waals surface area contributed by atoms with Crippen molar-refractivity contribution in [3.63, 3.8) is 0 Å². The minimum absolute atomic E-state index is 0.103. The van der Waals surface area contributed by atoms with E-state index in [2.05, 4.69) is 15.3 Å². The Kier molecular flexibility index (Phi) is 3.64. The second-order valence-corrected chi connectivity index (χ2v) is 4.63. The summed E-state index contributed by atoms with van der Waals surface area (Å²) in [5, 5.41) is 12.2. The summed E-state index contributed by atoms with van der Waals surface area (Å²) < 4.78 is 5.00. The molecule has 0 aliphatic heterocycles. The van der Waals surface area contributed by atoms with E-state index in [9.17, 15) is 4.79 Å². The largest absolute Gasteiger partial charge is 0.481 e. The average molecular weight is 251 g/mol. The molecule has 0 amide bonds. The normalized spacial score (nSPS) is 17.4. The number of methoxy groups -OCH3 is 1. The monoisotopic (exact) mass is 251 g/mol. The number of hydrogen-bond donors (Lipinski definition) is 2. The Labute approximate surface area is 105 Å². The molecule has 6 heteroatoms. The van der Waals surface area contributed by atoms with Gasteiger partial charge in [0.1, 0.15) is 5.82 Å². The molecule has 6 nitrogen and oxygen atoms in total. The van der Waals surface area contributed by atoms with E-state index in [1.165, 1.54) is 13.3 Å². The molecule has 1 heterocycles. The van der Waals surface area contributed by atoms with Gasteiger partial charge in [-0.3, -0.25) is 9.78 Å². The van der Waals surface area contributed by atoms with Gasteiger partial charge in [-0.1, -0.05) is 12.8 Å². The first kappa shape index (κ1) is 12.6. The Morgan fingerprint density at radius 2 is 2.22 bits per heavy atom. The van der Waals surface area contributed by atoms with Gasteiger partial charge in [-0.2, -0.15) is 4.98 Å². The standard InChI is InChI=1S/C12H17N3O3/c1-18-10-8-13-7-9(14-10)15-12(6-11(16)17)4-2-3-5-12/h7-8H,2-6H2,1H3,(H,14,15)(H,16,17). The number of anilines is 1. The molecule has 0 bridgehead atoms. The third-order valence-electron chi connectivity index (χ3n) is 3.27. The molecule has 1 fully saturated rings. The lowest BCUT2D eigenvalue weighted by atomic mass is 9.93. The van der Waals surface area contributed by atoms with Gasteiger partial charge in [-0.25, -0.2) is 0 Å². The molecule has 0 spiro atoms. The lowest BCUT2D eigenvalue weighted by Gasteiger charge is -2.29. The topological polar surface area (TPSA) is 84.3 Å². The summed E-state index contributed by atoms with van der Waals surface area (Å²) in [6.07, 6.45) is 6.98. The second kappa shape index (κ2) is 5.20. The van der Waals surface area contributed by atoms with Crippen molar-refractivity contribution in [2.45, 2.75) is 37.6 Å². The number of nitrogens with zero attached hydrogens (tertiary/aromatic N) is 2. The highest BCUT2D eigenvalue weighted by molar-refractivity contribution is 5.69. The molecule has 1 aromatic rings. The highest BCUT2D eigenvalue weighted by Gasteiger charge is 2.36. The van der Waals surface area contributed by atoms with Crippen LogP contribution in [0.1, 0.15) is 32.1 Å². The van der Waals surface area contributed by atoms with Crippen molar-refractivity contribution < 1.29 is 14.6 Å². The van der Waals surface area contributed by atoms with Crippen LogP contribution in [0.15, 0.2) is 12.4 Å². The Morgan fingerprint density at radius 1 is 1.50 bits per heavy atom. The van der Waals surface area contributed by atoms with Crippen LogP contribution >= 0.6 is 0 Å². The molecule has 0 atom stereocenters. The first-order valence-corrected chi connectivity index (χ1v) is 6.00. The predicted molar refractivity (Wildman–Crippen MR) is 65.7 cm³/mol. The Hall–Kier alpha value is -1.85. The van der Waals surface area contributed by atoms with Crippen LogP contribution in [-0.2, 0) is 4.79 Å². The van der Waals surface area contributed by atoms with Gasteiger partial charge >= 0.3 is 5.97 Å². The van der Waals surface area contributed by atoms with E-state index in [0.29, 0.717) is 11.7 Å². The van der Waals surface area contributed by atoms with E-state index in [1.54, 1.807) is 6.20 Å². The van der Waals surface area contributed by atoms with Crippen molar-refractivity contribution in [1.29, 1.82) is 0 Å². The number of carbonyl (C=O) groups is 1. The highest BCUT2D eigenvalue weighted by atomic mass is 16.5. The number of ether oxygens (including phenoxy) is 1. The summed E-state index contributed by atoms with van der Waals surface area (Å²) in [5.41, 5.74) is -0.396. The predicted octanol–water partition coefficient (Wildman–Crippen LogP) is 1.68. The van der Waals surface area contributed by atoms with E-state index in [1.807, 2.05) is 0 Å². The molecular formula is C12H17N3O3. The maximum absolute atomic E-state index is 11.0. The molecular weight excluding hydrogens is 234 g/mol. The molecule has 0 radical (unpaired) electrons. The molecule has 2 N–H and O–H groups in total. The van der Waals surface area contributed by atoms with Crippen molar-refractivity contribution in [1.82, 2.24) is 9.97 Å². The average Bonchev–Trinajstić information content (AvgIpc) is 2.76. The van der Waals surface area contributed by atoms with Gasteiger partial charge in [0.15, 0.2) is 0 Å². The zero-order valence-electron chi connectivity index (χ0n) is 10.3. The SMILES string of the molecule is COc1cncc(NC2(CC(=O)O)CCCC2)n1. The third kappa shape index (κ3) is 2.88. The Morgan fingerprint density at radius 3 is 2.83 bits per heavy atom. The summed E-state index contributed by atoms with van der Waals surface area (Å²) in [6.45, 7) is 0. The summed E-state index contributed by atoms with van der Waals surface area (Å²) in [5.74, 6) is 0.196. The summed E-state index contributed by atoms with van der Waals surface area (Å²) in [7, 11) is 1.52. The smallest absolute Gasteiger partial charge is 0.305 e. The van der Waals surface area contributed by atoms with Crippen molar-refractivity contribution in [3.05, 3.63) is 12.4 Å². The first-order chi connectivity index (χ1) is 8.63. The summed E-state index contributed by atoms with van der Waals surface area (Å²) >= 11 is 0. The van der Waals surface area contributed by atoms with Gasteiger partial charge in [0.05, 0.1) is 25.9 Å². The molecule has 1 aliphatic carbocycles. The van der Waals surface area contributed by atoms with Gasteiger partial charge < -0.3 is 15.2 Å². The molecule has 18 heavy (non-hydrogen) atoms. The number of carboxylic acid groups (broad SMARTS) is 1. The molecule has 98 valence electrons. The van der Waals surface area contributed by atoms with E-state index < -0.39 is 11.5 Å². The van der Waals surface area contributed by atoms with Gasteiger partial charge in [-0.15, -0.1) is 0 Å². The van der Waals surface area contributed by atoms with Gasteiger partial charge in [0.2, 0.25) is 5.88 Å². The lowest BCUT2D eigenvalue weighted by molar-refractivity contribution is -0.138. The van der Waals surface area contributed by atoms with E-state index in [-0.39, 0.29) is 6.42 Å². The maximum Gasteiger partial charge on any atom is 0.305 e. The Balaban J connectivity index is 2.15. The quantitative estimate of drug-likeness (QED) is 0.828. The molecule has 1 saturated carbocycles. The molecule has 1 aliphatic rings. The van der Waals surface area contributed by atoms with Crippen molar-refractivity contribution >= 4 is 11.8 Å². The van der Waals surface area contributed by atoms with Gasteiger partial charge in [0, 0.05) is 5.54 Å². The summed E-state index contributed by atoms with van der Waals surface area (Å²) in [6, 6.07) is 0. The van der Waals surface area contributed by atoms with Crippen LogP contribution in [-0.4, -0.2) is 33.7 Å². The van der Waals surface area contributed by atoms with Crippen LogP contribution in [0.5, 0.6) is 5.88 Å². The van der Waals surface area contributed by atoms with E-state index in [0.717, 1.165) is 25.7 Å². The zero-order valence-corrected chi connectivity index (χ0v) is 10.3. The lowest BCUT2D eigenvalue weighted by Crippen LogP contribution is -2.37. The fourth-order valence-corrected chi connectivity index (χ4v) is 2.47. The molecule has 0 saturated heterocycles. The van der Waals surface area contributed by atoms with Crippen LogP contribution in [0.2, 0.25) is 0 Å². The Bertz CT molecular complexity index is 430. The zero-order chi connectivity index (χ0) is 13.0. The van der Waals surface area contributed by atoms with Gasteiger partial charge in [-0.05, 0) is 12.8 Å². The highest BCUT2D eigenvalue weighted by Crippen LogP contribution is 2.35. The van der Waals surface area contributed by atoms with Crippen molar-refractivity contribution in [2.75, 3.05) is 12.4 Å². The summed E-state index contributed by atoms with van der Waals surface area (Å²) in [4.78, 5) is 19.2. The third-order valence-corrected chi connectivity index (χ3v) is 3.27. The van der Waals surface area contributed by atoms with Crippen LogP contribution < -0.4 is 10.1 Å². The van der Waals surface area contributed by atoms with Crippen LogP contribution in [0.25, 0.3) is 0 Å². The minimum atomic E-state index is -0.791. The number of aromatic nitrogens is 2. The van der Waals surface area contributed by atoms with Gasteiger partial charge in [0.25, 0.3) is 0 Å². The first-order valence-electron chi connectivity index (χ1n) is 6.00. The molecule has 2 rings (SSSR count). The van der Waals surface area contributed by atoms with E-state index in [4.69, 9.17) is 9.84 Å². The van der Waals surface area contributed by atoms with Crippen molar-refractivity contribution in [2.24, 2.45) is 0 Å². The fraction of sp³-hybridized carbons (Fsp3) is 0.583. The number of hydrogen-bond acceptors (Lipinski definition) is 5. The number of rotatable bonds is 5. The fourth-order valence-electron chi connectivity index (χ4n) is 2.47. The minimum Gasteiger partial charge on any atom is -0.481 e. The number of nitrogens with one attached hydrogen (secondary N) is 1. The molecule has 0 unspecified atom stereocenters. The van der Waals surface area contributed by atoms with Crippen LogP contribution in [0, 0.1) is 0 Å². The maximum atomic E-state index is 11.0.